The predicted octanol–water partition coefficient (Wildman–Crippen LogP) is -0.335. The smallest absolute Gasteiger partial charge is 0.224 e. The molecular formula is C15H27N7O. The van der Waals surface area contributed by atoms with Crippen molar-refractivity contribution in [2.45, 2.75) is 38.1 Å². The van der Waals surface area contributed by atoms with Crippen LogP contribution >= 0.6 is 0 Å². The fourth-order valence-electron chi connectivity index (χ4n) is 3.64. The number of tetrazole rings is 1. The standard InChI is InChI=1S/C15H27N7O/c1-21-9-5-13(6-10-21)22-8-2-3-12(11-22)15(23)16-7-4-14-17-19-20-18-14/h12-13H,2-11H2,1H3,(H,16,23)(H,17,18,19,20)/t12-/m0/s1. The molecule has 0 aromatic carbocycles. The van der Waals surface area contributed by atoms with Gasteiger partial charge in [0.1, 0.15) is 0 Å². The van der Waals surface area contributed by atoms with E-state index in [0.29, 0.717) is 24.8 Å². The van der Waals surface area contributed by atoms with Crippen LogP contribution in [0.3, 0.4) is 0 Å². The maximum atomic E-state index is 12.4. The number of nitrogens with zero attached hydrogens (tertiary/aromatic N) is 5. The average Bonchev–Trinajstić information content (AvgIpc) is 3.09. The van der Waals surface area contributed by atoms with Crippen molar-refractivity contribution < 1.29 is 4.79 Å². The van der Waals surface area contributed by atoms with Gasteiger partial charge in [0.2, 0.25) is 5.91 Å². The zero-order valence-corrected chi connectivity index (χ0v) is 13.9. The third-order valence-electron chi connectivity index (χ3n) is 5.07. The van der Waals surface area contributed by atoms with Crippen molar-refractivity contribution in [3.63, 3.8) is 0 Å². The third-order valence-corrected chi connectivity index (χ3v) is 5.07. The first-order chi connectivity index (χ1) is 11.2. The maximum absolute atomic E-state index is 12.4. The van der Waals surface area contributed by atoms with Crippen LogP contribution in [0.25, 0.3) is 0 Å². The fraction of sp³-hybridized carbons (Fsp3) is 0.867. The molecule has 2 saturated heterocycles. The second kappa shape index (κ2) is 7.83. The topological polar surface area (TPSA) is 90.0 Å². The van der Waals surface area contributed by atoms with Crippen LogP contribution in [-0.4, -0.2) is 82.1 Å². The van der Waals surface area contributed by atoms with Gasteiger partial charge in [-0.1, -0.05) is 5.21 Å². The van der Waals surface area contributed by atoms with Gasteiger partial charge >= 0.3 is 0 Å². The number of H-pyrrole nitrogens is 1. The van der Waals surface area contributed by atoms with Crippen LogP contribution in [0.5, 0.6) is 0 Å². The van der Waals surface area contributed by atoms with Crippen molar-refractivity contribution in [1.82, 2.24) is 35.7 Å². The van der Waals surface area contributed by atoms with E-state index in [1.165, 1.54) is 25.9 Å². The lowest BCUT2D eigenvalue weighted by Gasteiger charge is -2.41. The molecular weight excluding hydrogens is 294 g/mol. The Hall–Kier alpha value is -1.54. The van der Waals surface area contributed by atoms with Gasteiger partial charge < -0.3 is 10.2 Å². The average molecular weight is 321 g/mol. The number of hydrogen-bond donors (Lipinski definition) is 2. The van der Waals surface area contributed by atoms with E-state index in [1.807, 2.05) is 0 Å². The monoisotopic (exact) mass is 321 g/mol. The summed E-state index contributed by atoms with van der Waals surface area (Å²) in [6, 6.07) is 0.654. The Morgan fingerprint density at radius 1 is 1.30 bits per heavy atom. The number of piperidine rings is 2. The molecule has 2 aliphatic heterocycles. The zero-order chi connectivity index (χ0) is 16.1. The summed E-state index contributed by atoms with van der Waals surface area (Å²) in [6.45, 7) is 4.96. The summed E-state index contributed by atoms with van der Waals surface area (Å²) in [5, 5.41) is 16.8. The number of hydrogen-bond acceptors (Lipinski definition) is 6. The van der Waals surface area contributed by atoms with Crippen LogP contribution < -0.4 is 5.32 Å². The minimum atomic E-state index is 0.119. The summed E-state index contributed by atoms with van der Waals surface area (Å²) in [6.07, 6.45) is 5.19. The molecule has 3 heterocycles. The molecule has 1 aromatic heterocycles. The van der Waals surface area contributed by atoms with Crippen molar-refractivity contribution in [2.75, 3.05) is 39.8 Å². The van der Waals surface area contributed by atoms with Gasteiger partial charge in [-0.2, -0.15) is 5.21 Å². The van der Waals surface area contributed by atoms with E-state index in [0.717, 1.165) is 25.9 Å². The molecule has 2 aliphatic rings. The Kier molecular flexibility index (Phi) is 5.56. The second-order valence-corrected chi connectivity index (χ2v) is 6.74. The number of aromatic amines is 1. The van der Waals surface area contributed by atoms with Gasteiger partial charge in [-0.05, 0) is 52.4 Å². The molecule has 2 fully saturated rings. The predicted molar refractivity (Wildman–Crippen MR) is 85.7 cm³/mol. The van der Waals surface area contributed by atoms with Crippen LogP contribution in [0.2, 0.25) is 0 Å². The SMILES string of the molecule is CN1CCC(N2CCC[C@H](C(=O)NCCc3nn[nH]n3)C2)CC1. The van der Waals surface area contributed by atoms with Gasteiger partial charge in [-0.15, -0.1) is 10.2 Å². The first-order valence-corrected chi connectivity index (χ1v) is 8.65. The molecule has 0 spiro atoms. The molecule has 0 saturated carbocycles. The van der Waals surface area contributed by atoms with Crippen molar-refractivity contribution in [3.8, 4) is 0 Å². The molecule has 8 heteroatoms. The summed E-state index contributed by atoms with van der Waals surface area (Å²) in [5.41, 5.74) is 0. The largest absolute Gasteiger partial charge is 0.355 e. The van der Waals surface area contributed by atoms with E-state index in [9.17, 15) is 4.79 Å². The molecule has 0 unspecified atom stereocenters. The minimum absolute atomic E-state index is 0.119. The van der Waals surface area contributed by atoms with Crippen molar-refractivity contribution >= 4 is 5.91 Å². The highest BCUT2D eigenvalue weighted by Crippen LogP contribution is 2.23. The van der Waals surface area contributed by atoms with Gasteiger partial charge in [0.25, 0.3) is 0 Å². The maximum Gasteiger partial charge on any atom is 0.224 e. The van der Waals surface area contributed by atoms with Crippen molar-refractivity contribution in [2.24, 2.45) is 5.92 Å². The lowest BCUT2D eigenvalue weighted by molar-refractivity contribution is -0.127. The summed E-state index contributed by atoms with van der Waals surface area (Å²) < 4.78 is 0. The Morgan fingerprint density at radius 3 is 2.87 bits per heavy atom. The number of carbonyl (C=O) groups excluding carboxylic acids is 1. The molecule has 1 amide bonds. The molecule has 0 aliphatic carbocycles. The highest BCUT2D eigenvalue weighted by molar-refractivity contribution is 5.78. The van der Waals surface area contributed by atoms with Gasteiger partial charge in [0, 0.05) is 25.6 Å². The van der Waals surface area contributed by atoms with Crippen LogP contribution in [-0.2, 0) is 11.2 Å². The highest BCUT2D eigenvalue weighted by Gasteiger charge is 2.30. The summed E-state index contributed by atoms with van der Waals surface area (Å²) in [7, 11) is 2.19. The molecule has 3 rings (SSSR count). The Balaban J connectivity index is 1.43. The van der Waals surface area contributed by atoms with Gasteiger partial charge in [-0.25, -0.2) is 0 Å². The zero-order valence-electron chi connectivity index (χ0n) is 13.9. The van der Waals surface area contributed by atoms with E-state index in [2.05, 4.69) is 42.8 Å². The molecule has 128 valence electrons. The lowest BCUT2D eigenvalue weighted by Crippen LogP contribution is -2.50. The van der Waals surface area contributed by atoms with Crippen LogP contribution in [0, 0.1) is 5.92 Å². The van der Waals surface area contributed by atoms with E-state index in [1.54, 1.807) is 0 Å². The molecule has 0 radical (unpaired) electrons. The molecule has 2 N–H and O–H groups in total. The Bertz CT molecular complexity index is 484. The quantitative estimate of drug-likeness (QED) is 0.771. The molecule has 0 bridgehead atoms. The number of nitrogens with one attached hydrogen (secondary N) is 2. The van der Waals surface area contributed by atoms with Gasteiger partial charge in [0.15, 0.2) is 5.82 Å². The van der Waals surface area contributed by atoms with Crippen LogP contribution in [0.15, 0.2) is 0 Å². The first kappa shape index (κ1) is 16.3. The highest BCUT2D eigenvalue weighted by atomic mass is 16.1. The number of amides is 1. The summed E-state index contributed by atoms with van der Waals surface area (Å²) in [5.74, 6) is 0.932. The minimum Gasteiger partial charge on any atom is -0.355 e. The Labute approximate surface area is 137 Å². The number of rotatable bonds is 5. The van der Waals surface area contributed by atoms with Crippen molar-refractivity contribution in [1.29, 1.82) is 0 Å². The molecule has 1 atom stereocenters. The van der Waals surface area contributed by atoms with E-state index < -0.39 is 0 Å². The molecule has 23 heavy (non-hydrogen) atoms. The molecule has 1 aromatic rings. The molecule has 8 nitrogen and oxygen atoms in total. The van der Waals surface area contributed by atoms with Crippen LogP contribution in [0.4, 0.5) is 0 Å². The van der Waals surface area contributed by atoms with Gasteiger partial charge in [0.05, 0.1) is 5.92 Å². The number of likely N-dealkylation sites (tertiary alicyclic amines) is 2. The number of aromatic nitrogens is 4. The third kappa shape index (κ3) is 4.48. The lowest BCUT2D eigenvalue weighted by atomic mass is 9.93. The van der Waals surface area contributed by atoms with E-state index in [-0.39, 0.29) is 11.8 Å². The Morgan fingerprint density at radius 2 is 2.13 bits per heavy atom. The van der Waals surface area contributed by atoms with Crippen molar-refractivity contribution in [3.05, 3.63) is 5.82 Å². The normalized spacial score (nSPS) is 24.7. The number of carbonyl (C=O) groups is 1. The van der Waals surface area contributed by atoms with E-state index >= 15 is 0 Å². The first-order valence-electron chi connectivity index (χ1n) is 8.65. The van der Waals surface area contributed by atoms with Crippen LogP contribution in [0.1, 0.15) is 31.5 Å². The van der Waals surface area contributed by atoms with Gasteiger partial charge in [-0.3, -0.25) is 9.69 Å². The summed E-state index contributed by atoms with van der Waals surface area (Å²) >= 11 is 0. The van der Waals surface area contributed by atoms with E-state index in [4.69, 9.17) is 0 Å². The summed E-state index contributed by atoms with van der Waals surface area (Å²) in [4.78, 5) is 17.3. The fourth-order valence-corrected chi connectivity index (χ4v) is 3.64. The second-order valence-electron chi connectivity index (χ2n) is 6.74.